The van der Waals surface area contributed by atoms with E-state index < -0.39 is 17.7 Å². The van der Waals surface area contributed by atoms with Crippen LogP contribution in [0.2, 0.25) is 5.02 Å². The number of carbonyl (C=O) groups excluding carboxylic acids is 2. The second-order valence-corrected chi connectivity index (χ2v) is 9.01. The molecule has 2 amide bonds. The maximum absolute atomic E-state index is 12.8. The zero-order valence-corrected chi connectivity index (χ0v) is 17.6. The van der Waals surface area contributed by atoms with Crippen molar-refractivity contribution >= 4 is 40.1 Å². The van der Waals surface area contributed by atoms with Crippen LogP contribution in [0.15, 0.2) is 24.3 Å². The molecule has 0 saturated carbocycles. The van der Waals surface area contributed by atoms with Gasteiger partial charge in [-0.2, -0.15) is 0 Å². The van der Waals surface area contributed by atoms with Crippen LogP contribution in [0.3, 0.4) is 0 Å². The van der Waals surface area contributed by atoms with Gasteiger partial charge in [0.25, 0.3) is 0 Å². The number of carbonyl (C=O) groups is 2. The summed E-state index contributed by atoms with van der Waals surface area (Å²) in [5.41, 5.74) is 0.262. The third-order valence-electron chi connectivity index (χ3n) is 4.18. The second-order valence-electron chi connectivity index (χ2n) is 7.59. The number of hydrogen-bond acceptors (Lipinski definition) is 6. The minimum absolute atomic E-state index is 0.274. The summed E-state index contributed by atoms with van der Waals surface area (Å²) in [5, 5.41) is 12.7. The number of halogens is 1. The summed E-state index contributed by atoms with van der Waals surface area (Å²) in [7, 11) is 0. The van der Waals surface area contributed by atoms with Gasteiger partial charge in [-0.25, -0.2) is 4.79 Å². The molecule has 0 radical (unpaired) electrons. The van der Waals surface area contributed by atoms with Gasteiger partial charge in [0.15, 0.2) is 0 Å². The van der Waals surface area contributed by atoms with E-state index in [0.29, 0.717) is 28.1 Å². The van der Waals surface area contributed by atoms with E-state index in [-0.39, 0.29) is 5.91 Å². The molecule has 1 aliphatic rings. The lowest BCUT2D eigenvalue weighted by Gasteiger charge is -2.35. The van der Waals surface area contributed by atoms with Gasteiger partial charge in [0.1, 0.15) is 16.7 Å². The minimum atomic E-state index is -0.609. The van der Waals surface area contributed by atoms with E-state index in [0.717, 1.165) is 18.4 Å². The normalized spacial score (nSPS) is 17.3. The number of benzene rings is 1. The fourth-order valence-corrected chi connectivity index (χ4v) is 3.79. The molecule has 1 unspecified atom stereocenters. The third-order valence-corrected chi connectivity index (χ3v) is 5.32. The number of hydrogen-bond donors (Lipinski definition) is 1. The zero-order chi connectivity index (χ0) is 20.3. The minimum Gasteiger partial charge on any atom is -0.444 e. The molecule has 0 spiro atoms. The average Bonchev–Trinajstić information content (AvgIpc) is 3.09. The molecule has 7 nitrogen and oxygen atoms in total. The van der Waals surface area contributed by atoms with Crippen molar-refractivity contribution < 1.29 is 14.3 Å². The van der Waals surface area contributed by atoms with Crippen LogP contribution in [0.4, 0.5) is 9.93 Å². The van der Waals surface area contributed by atoms with Crippen molar-refractivity contribution in [2.75, 3.05) is 11.9 Å². The third kappa shape index (κ3) is 5.20. The van der Waals surface area contributed by atoms with Crippen molar-refractivity contribution in [2.24, 2.45) is 0 Å². The number of ether oxygens (including phenoxy) is 1. The lowest BCUT2D eigenvalue weighted by molar-refractivity contribution is -0.122. The summed E-state index contributed by atoms with van der Waals surface area (Å²) in [6.07, 6.45) is 1.85. The van der Waals surface area contributed by atoms with Crippen LogP contribution < -0.4 is 5.32 Å². The molecule has 1 aliphatic heterocycles. The highest BCUT2D eigenvalue weighted by molar-refractivity contribution is 7.18. The Bertz CT molecular complexity index is 848. The molecule has 1 fully saturated rings. The maximum atomic E-state index is 12.8. The van der Waals surface area contributed by atoms with Crippen molar-refractivity contribution in [3.05, 3.63) is 29.3 Å². The van der Waals surface area contributed by atoms with Crippen LogP contribution >= 0.6 is 22.9 Å². The molecule has 1 N–H and O–H groups in total. The number of rotatable bonds is 3. The Morgan fingerprint density at radius 1 is 1.21 bits per heavy atom. The predicted octanol–water partition coefficient (Wildman–Crippen LogP) is 4.59. The lowest BCUT2D eigenvalue weighted by Crippen LogP contribution is -2.51. The summed E-state index contributed by atoms with van der Waals surface area (Å²) in [6, 6.07) is 6.67. The predicted molar refractivity (Wildman–Crippen MR) is 110 cm³/mol. The highest BCUT2D eigenvalue weighted by Gasteiger charge is 2.35. The smallest absolute Gasteiger partial charge is 0.410 e. The summed E-state index contributed by atoms with van der Waals surface area (Å²) in [5.74, 6) is -0.274. The fourth-order valence-electron chi connectivity index (χ4n) is 2.91. The van der Waals surface area contributed by atoms with Crippen LogP contribution in [-0.2, 0) is 9.53 Å². The number of amides is 2. The van der Waals surface area contributed by atoms with Crippen LogP contribution in [-0.4, -0.2) is 45.3 Å². The number of nitrogens with one attached hydrogen (secondary N) is 1. The van der Waals surface area contributed by atoms with E-state index in [1.54, 1.807) is 12.1 Å². The maximum Gasteiger partial charge on any atom is 0.410 e. The number of likely N-dealkylation sites (tertiary alicyclic amines) is 1. The first kappa shape index (κ1) is 20.5. The van der Waals surface area contributed by atoms with Crippen LogP contribution in [0.25, 0.3) is 10.6 Å². The largest absolute Gasteiger partial charge is 0.444 e. The van der Waals surface area contributed by atoms with Gasteiger partial charge < -0.3 is 4.74 Å². The Morgan fingerprint density at radius 2 is 1.93 bits per heavy atom. The molecule has 150 valence electrons. The van der Waals surface area contributed by atoms with Gasteiger partial charge in [-0.05, 0) is 52.2 Å². The Hall–Kier alpha value is -2.19. The van der Waals surface area contributed by atoms with E-state index in [9.17, 15) is 9.59 Å². The van der Waals surface area contributed by atoms with Gasteiger partial charge in [-0.3, -0.25) is 15.0 Å². The molecule has 1 aromatic carbocycles. The summed E-state index contributed by atoms with van der Waals surface area (Å²) in [4.78, 5) is 26.8. The van der Waals surface area contributed by atoms with Crippen LogP contribution in [0.1, 0.15) is 40.0 Å². The van der Waals surface area contributed by atoms with Crippen molar-refractivity contribution in [1.29, 1.82) is 0 Å². The number of nitrogens with zero attached hydrogens (tertiary/aromatic N) is 3. The van der Waals surface area contributed by atoms with E-state index in [1.165, 1.54) is 16.2 Å². The van der Waals surface area contributed by atoms with Gasteiger partial charge in [0, 0.05) is 17.1 Å². The fraction of sp³-hybridized carbons (Fsp3) is 0.474. The first-order valence-corrected chi connectivity index (χ1v) is 10.3. The Kier molecular flexibility index (Phi) is 6.20. The number of aromatic nitrogens is 2. The SMILES string of the molecule is CC(C)(C)OC(=O)N1CCCCC1C(=O)Nc1nnc(-c2ccc(Cl)cc2)s1. The van der Waals surface area contributed by atoms with Gasteiger partial charge in [0.2, 0.25) is 11.0 Å². The number of piperidine rings is 1. The molecular weight excluding hydrogens is 400 g/mol. The Balaban J connectivity index is 1.69. The van der Waals surface area contributed by atoms with Crippen molar-refractivity contribution in [2.45, 2.75) is 51.7 Å². The summed E-state index contributed by atoms with van der Waals surface area (Å²) < 4.78 is 5.45. The molecule has 2 aromatic rings. The average molecular weight is 423 g/mol. The Morgan fingerprint density at radius 3 is 2.61 bits per heavy atom. The first-order valence-electron chi connectivity index (χ1n) is 9.13. The molecule has 0 bridgehead atoms. The van der Waals surface area contributed by atoms with E-state index in [4.69, 9.17) is 16.3 Å². The van der Waals surface area contributed by atoms with E-state index in [1.807, 2.05) is 32.9 Å². The van der Waals surface area contributed by atoms with Crippen LogP contribution in [0.5, 0.6) is 0 Å². The van der Waals surface area contributed by atoms with Crippen LogP contribution in [0, 0.1) is 0 Å². The van der Waals surface area contributed by atoms with Crippen molar-refractivity contribution in [3.8, 4) is 10.6 Å². The molecule has 28 heavy (non-hydrogen) atoms. The quantitative estimate of drug-likeness (QED) is 0.782. The number of anilines is 1. The molecular formula is C19H23ClN4O3S. The first-order chi connectivity index (χ1) is 13.2. The lowest BCUT2D eigenvalue weighted by atomic mass is 10.0. The van der Waals surface area contributed by atoms with E-state index in [2.05, 4.69) is 15.5 Å². The van der Waals surface area contributed by atoms with Gasteiger partial charge in [-0.1, -0.05) is 35.1 Å². The van der Waals surface area contributed by atoms with E-state index >= 15 is 0 Å². The highest BCUT2D eigenvalue weighted by atomic mass is 35.5. The van der Waals surface area contributed by atoms with Crippen molar-refractivity contribution in [1.82, 2.24) is 15.1 Å². The molecule has 0 aliphatic carbocycles. The molecule has 3 rings (SSSR count). The molecule has 1 saturated heterocycles. The monoisotopic (exact) mass is 422 g/mol. The molecule has 2 heterocycles. The summed E-state index contributed by atoms with van der Waals surface area (Å²) >= 11 is 7.18. The van der Waals surface area contributed by atoms with Gasteiger partial charge in [0.05, 0.1) is 0 Å². The topological polar surface area (TPSA) is 84.4 Å². The van der Waals surface area contributed by atoms with Crippen molar-refractivity contribution in [3.63, 3.8) is 0 Å². The van der Waals surface area contributed by atoms with Gasteiger partial charge >= 0.3 is 6.09 Å². The second kappa shape index (κ2) is 8.45. The Labute approximate surface area is 173 Å². The zero-order valence-electron chi connectivity index (χ0n) is 16.1. The molecule has 9 heteroatoms. The summed E-state index contributed by atoms with van der Waals surface area (Å²) in [6.45, 7) is 5.93. The van der Waals surface area contributed by atoms with Gasteiger partial charge in [-0.15, -0.1) is 10.2 Å². The highest BCUT2D eigenvalue weighted by Crippen LogP contribution is 2.28. The standard InChI is InChI=1S/C19H23ClN4O3S/c1-19(2,3)27-18(26)24-11-5-4-6-14(24)15(25)21-17-23-22-16(28-17)12-7-9-13(20)10-8-12/h7-10,14H,4-6,11H2,1-3H3,(H,21,23,25). The molecule has 1 aromatic heterocycles. The molecule has 1 atom stereocenters.